The highest BCUT2D eigenvalue weighted by Gasteiger charge is 2.63. The largest absolute Gasteiger partial charge is 0.393 e. The molecule has 2 fully saturated rings. The SMILES string of the molecule is CN(C)CC1(C)C2CCC1(C)C(O)C2. The smallest absolute Gasteiger partial charge is 0.0602 e. The molecule has 4 atom stereocenters. The first kappa shape index (κ1) is 10.4. The molecule has 2 heteroatoms. The zero-order valence-electron chi connectivity index (χ0n) is 9.88. The third-order valence-corrected chi connectivity index (χ3v) is 5.11. The molecule has 0 aromatic rings. The quantitative estimate of drug-likeness (QED) is 0.729. The lowest BCUT2D eigenvalue weighted by Crippen LogP contribution is -2.43. The van der Waals surface area contributed by atoms with Gasteiger partial charge in [0.05, 0.1) is 6.10 Å². The van der Waals surface area contributed by atoms with Crippen LogP contribution in [0.2, 0.25) is 0 Å². The van der Waals surface area contributed by atoms with Crippen LogP contribution in [0.5, 0.6) is 0 Å². The Morgan fingerprint density at radius 2 is 2.00 bits per heavy atom. The molecule has 0 amide bonds. The minimum atomic E-state index is -0.0637. The van der Waals surface area contributed by atoms with Crippen LogP contribution < -0.4 is 0 Å². The van der Waals surface area contributed by atoms with Gasteiger partial charge in [-0.2, -0.15) is 0 Å². The first-order valence-corrected chi connectivity index (χ1v) is 5.73. The number of rotatable bonds is 2. The van der Waals surface area contributed by atoms with E-state index in [1.807, 2.05) is 0 Å². The van der Waals surface area contributed by atoms with Gasteiger partial charge in [-0.25, -0.2) is 0 Å². The fourth-order valence-electron chi connectivity index (χ4n) is 3.97. The molecule has 0 spiro atoms. The van der Waals surface area contributed by atoms with Crippen molar-refractivity contribution in [2.45, 2.75) is 39.2 Å². The number of aliphatic hydroxyl groups excluding tert-OH is 1. The summed E-state index contributed by atoms with van der Waals surface area (Å²) in [6.45, 7) is 5.78. The Labute approximate surface area is 87.3 Å². The summed E-state index contributed by atoms with van der Waals surface area (Å²) in [6, 6.07) is 0. The average molecular weight is 197 g/mol. The molecular formula is C12H23NO. The second-order valence-corrected chi connectivity index (χ2v) is 6.06. The van der Waals surface area contributed by atoms with E-state index in [-0.39, 0.29) is 11.5 Å². The number of hydrogen-bond donors (Lipinski definition) is 1. The van der Waals surface area contributed by atoms with E-state index in [9.17, 15) is 5.11 Å². The predicted molar refractivity (Wildman–Crippen MR) is 58.1 cm³/mol. The van der Waals surface area contributed by atoms with E-state index in [4.69, 9.17) is 0 Å². The van der Waals surface area contributed by atoms with Gasteiger partial charge in [-0.05, 0) is 44.7 Å². The van der Waals surface area contributed by atoms with Crippen molar-refractivity contribution < 1.29 is 5.11 Å². The second-order valence-electron chi connectivity index (χ2n) is 6.06. The zero-order chi connectivity index (χ0) is 10.6. The van der Waals surface area contributed by atoms with E-state index < -0.39 is 0 Å². The minimum absolute atomic E-state index is 0.0637. The van der Waals surface area contributed by atoms with E-state index in [1.165, 1.54) is 12.8 Å². The molecule has 2 aliphatic rings. The molecule has 4 unspecified atom stereocenters. The Morgan fingerprint density at radius 3 is 2.36 bits per heavy atom. The lowest BCUT2D eigenvalue weighted by Gasteiger charge is -2.41. The van der Waals surface area contributed by atoms with Crippen molar-refractivity contribution in [2.75, 3.05) is 20.6 Å². The summed E-state index contributed by atoms with van der Waals surface area (Å²) < 4.78 is 0. The summed E-state index contributed by atoms with van der Waals surface area (Å²) in [5.74, 6) is 0.741. The predicted octanol–water partition coefficient (Wildman–Crippen LogP) is 1.74. The Bertz CT molecular complexity index is 240. The minimum Gasteiger partial charge on any atom is -0.393 e. The Balaban J connectivity index is 2.27. The molecule has 2 bridgehead atoms. The van der Waals surface area contributed by atoms with Gasteiger partial charge in [-0.3, -0.25) is 0 Å². The van der Waals surface area contributed by atoms with E-state index in [2.05, 4.69) is 32.8 Å². The monoisotopic (exact) mass is 197 g/mol. The summed E-state index contributed by atoms with van der Waals surface area (Å²) in [5, 5.41) is 10.1. The fraction of sp³-hybridized carbons (Fsp3) is 1.00. The Morgan fingerprint density at radius 1 is 1.36 bits per heavy atom. The first-order valence-electron chi connectivity index (χ1n) is 5.73. The van der Waals surface area contributed by atoms with Gasteiger partial charge in [-0.1, -0.05) is 13.8 Å². The molecule has 82 valence electrons. The molecule has 0 aromatic carbocycles. The van der Waals surface area contributed by atoms with Crippen molar-refractivity contribution in [3.8, 4) is 0 Å². The molecule has 0 aromatic heterocycles. The summed E-state index contributed by atoms with van der Waals surface area (Å²) in [5.41, 5.74) is 0.498. The molecule has 2 rings (SSSR count). The number of aliphatic hydroxyl groups is 1. The summed E-state index contributed by atoms with van der Waals surface area (Å²) >= 11 is 0. The lowest BCUT2D eigenvalue weighted by atomic mass is 9.68. The zero-order valence-corrected chi connectivity index (χ0v) is 9.88. The number of fused-ring (bicyclic) bond motifs is 2. The molecule has 0 saturated heterocycles. The van der Waals surface area contributed by atoms with Gasteiger partial charge in [-0.15, -0.1) is 0 Å². The normalized spacial score (nSPS) is 51.9. The molecule has 2 nitrogen and oxygen atoms in total. The van der Waals surface area contributed by atoms with Gasteiger partial charge in [0.1, 0.15) is 0 Å². The maximum Gasteiger partial charge on any atom is 0.0602 e. The first-order chi connectivity index (χ1) is 6.40. The van der Waals surface area contributed by atoms with Crippen LogP contribution in [0.1, 0.15) is 33.1 Å². The Hall–Kier alpha value is -0.0800. The molecule has 1 N–H and O–H groups in total. The maximum atomic E-state index is 10.1. The van der Waals surface area contributed by atoms with Crippen molar-refractivity contribution in [3.63, 3.8) is 0 Å². The van der Waals surface area contributed by atoms with Crippen molar-refractivity contribution in [3.05, 3.63) is 0 Å². The standard InChI is InChI=1S/C12H23NO/c1-11-6-5-9(7-10(11)14)12(11,2)8-13(3)4/h9-10,14H,5-8H2,1-4H3. The van der Waals surface area contributed by atoms with Crippen molar-refractivity contribution in [1.82, 2.24) is 4.90 Å². The molecule has 0 heterocycles. The van der Waals surface area contributed by atoms with Gasteiger partial charge in [0.15, 0.2) is 0 Å². The molecule has 0 aliphatic heterocycles. The van der Waals surface area contributed by atoms with Crippen molar-refractivity contribution in [1.29, 1.82) is 0 Å². The molecule has 14 heavy (non-hydrogen) atoms. The van der Waals surface area contributed by atoms with Crippen LogP contribution in [0.15, 0.2) is 0 Å². The highest BCUT2D eigenvalue weighted by Crippen LogP contribution is 2.65. The van der Waals surface area contributed by atoms with Gasteiger partial charge < -0.3 is 10.0 Å². The van der Waals surface area contributed by atoms with Crippen LogP contribution in [-0.4, -0.2) is 36.8 Å². The fourth-order valence-corrected chi connectivity index (χ4v) is 3.97. The topological polar surface area (TPSA) is 23.5 Å². The van der Waals surface area contributed by atoms with E-state index in [1.54, 1.807) is 0 Å². The van der Waals surface area contributed by atoms with Crippen LogP contribution in [0, 0.1) is 16.7 Å². The van der Waals surface area contributed by atoms with Crippen LogP contribution in [0.25, 0.3) is 0 Å². The van der Waals surface area contributed by atoms with Gasteiger partial charge in [0.25, 0.3) is 0 Å². The number of nitrogens with zero attached hydrogens (tertiary/aromatic N) is 1. The van der Waals surface area contributed by atoms with Crippen LogP contribution in [0.4, 0.5) is 0 Å². The summed E-state index contributed by atoms with van der Waals surface area (Å²) in [7, 11) is 4.28. The molecule has 0 radical (unpaired) electrons. The van der Waals surface area contributed by atoms with Crippen LogP contribution in [-0.2, 0) is 0 Å². The van der Waals surface area contributed by atoms with Crippen LogP contribution in [0.3, 0.4) is 0 Å². The third kappa shape index (κ3) is 1.10. The van der Waals surface area contributed by atoms with E-state index >= 15 is 0 Å². The molecule has 2 aliphatic carbocycles. The van der Waals surface area contributed by atoms with Gasteiger partial charge >= 0.3 is 0 Å². The highest BCUT2D eigenvalue weighted by molar-refractivity contribution is 5.13. The maximum absolute atomic E-state index is 10.1. The van der Waals surface area contributed by atoms with Crippen molar-refractivity contribution >= 4 is 0 Å². The summed E-state index contributed by atoms with van der Waals surface area (Å²) in [6.07, 6.45) is 3.49. The van der Waals surface area contributed by atoms with Gasteiger partial charge in [0, 0.05) is 12.0 Å². The number of hydrogen-bond acceptors (Lipinski definition) is 2. The second kappa shape index (κ2) is 2.96. The van der Waals surface area contributed by atoms with E-state index in [0.29, 0.717) is 5.41 Å². The third-order valence-electron chi connectivity index (χ3n) is 5.11. The van der Waals surface area contributed by atoms with Gasteiger partial charge in [0.2, 0.25) is 0 Å². The molecular weight excluding hydrogens is 174 g/mol. The lowest BCUT2D eigenvalue weighted by molar-refractivity contribution is -0.00491. The molecule has 2 saturated carbocycles. The summed E-state index contributed by atoms with van der Waals surface area (Å²) in [4.78, 5) is 2.27. The van der Waals surface area contributed by atoms with E-state index in [0.717, 1.165) is 18.9 Å². The van der Waals surface area contributed by atoms with Crippen LogP contribution >= 0.6 is 0 Å². The average Bonchev–Trinajstić information content (AvgIpc) is 2.37. The van der Waals surface area contributed by atoms with Crippen molar-refractivity contribution in [2.24, 2.45) is 16.7 Å². The highest BCUT2D eigenvalue weighted by atomic mass is 16.3. The Kier molecular flexibility index (Phi) is 2.20.